The Labute approximate surface area is 93.4 Å². The van der Waals surface area contributed by atoms with Gasteiger partial charge in [0.05, 0.1) is 18.4 Å². The minimum atomic E-state index is -0.345. The molecule has 2 aliphatic rings. The Morgan fingerprint density at radius 1 is 1.44 bits per heavy atom. The molecule has 0 saturated carbocycles. The van der Waals surface area contributed by atoms with Crippen LogP contribution in [0, 0.1) is 11.8 Å². The predicted octanol–water partition coefficient (Wildman–Crippen LogP) is -1.67. The van der Waals surface area contributed by atoms with Crippen LogP contribution in [0.15, 0.2) is 0 Å². The fourth-order valence-electron chi connectivity index (χ4n) is 2.33. The highest BCUT2D eigenvalue weighted by Gasteiger charge is 2.45. The van der Waals surface area contributed by atoms with Crippen molar-refractivity contribution in [3.05, 3.63) is 0 Å². The molecule has 2 heterocycles. The van der Waals surface area contributed by atoms with Crippen LogP contribution < -0.4 is 10.6 Å². The first-order chi connectivity index (χ1) is 7.63. The van der Waals surface area contributed by atoms with E-state index in [4.69, 9.17) is 0 Å². The number of hydrogen-bond donors (Lipinski definition) is 2. The third-order valence-electron chi connectivity index (χ3n) is 3.21. The average Bonchev–Trinajstić information content (AvgIpc) is 2.55. The molecule has 3 amide bonds. The summed E-state index contributed by atoms with van der Waals surface area (Å²) < 4.78 is 0. The molecule has 2 atom stereocenters. The SMILES string of the molecule is CNCC(=O)N1CC[C@@H]2C(=O)NC(=O)[C@@H]2C1. The lowest BCUT2D eigenvalue weighted by molar-refractivity contribution is -0.135. The molecular weight excluding hydrogens is 210 g/mol. The van der Waals surface area contributed by atoms with E-state index in [1.165, 1.54) is 0 Å². The topological polar surface area (TPSA) is 78.5 Å². The zero-order chi connectivity index (χ0) is 11.7. The van der Waals surface area contributed by atoms with Gasteiger partial charge >= 0.3 is 0 Å². The Bertz CT molecular complexity index is 342. The van der Waals surface area contributed by atoms with Crippen molar-refractivity contribution in [1.82, 2.24) is 15.5 Å². The van der Waals surface area contributed by atoms with Gasteiger partial charge in [-0.05, 0) is 13.5 Å². The molecule has 16 heavy (non-hydrogen) atoms. The normalized spacial score (nSPS) is 28.9. The van der Waals surface area contributed by atoms with Gasteiger partial charge in [-0.15, -0.1) is 0 Å². The molecular formula is C10H15N3O3. The zero-order valence-electron chi connectivity index (χ0n) is 9.16. The van der Waals surface area contributed by atoms with E-state index >= 15 is 0 Å². The van der Waals surface area contributed by atoms with E-state index in [1.807, 2.05) is 0 Å². The smallest absolute Gasteiger partial charge is 0.236 e. The van der Waals surface area contributed by atoms with E-state index < -0.39 is 0 Å². The van der Waals surface area contributed by atoms with Crippen molar-refractivity contribution in [2.45, 2.75) is 6.42 Å². The summed E-state index contributed by atoms with van der Waals surface area (Å²) >= 11 is 0. The molecule has 0 aromatic heterocycles. The first kappa shape index (κ1) is 11.1. The molecule has 2 saturated heterocycles. The third kappa shape index (κ3) is 1.80. The summed E-state index contributed by atoms with van der Waals surface area (Å²) in [6.07, 6.45) is 0.581. The number of piperidine rings is 1. The van der Waals surface area contributed by atoms with Gasteiger partial charge in [0.25, 0.3) is 0 Å². The van der Waals surface area contributed by atoms with Crippen molar-refractivity contribution in [2.24, 2.45) is 11.8 Å². The molecule has 6 nitrogen and oxygen atoms in total. The minimum absolute atomic E-state index is 0.0203. The molecule has 88 valence electrons. The van der Waals surface area contributed by atoms with E-state index in [2.05, 4.69) is 10.6 Å². The summed E-state index contributed by atoms with van der Waals surface area (Å²) in [6, 6.07) is 0. The van der Waals surface area contributed by atoms with Gasteiger partial charge < -0.3 is 10.2 Å². The van der Waals surface area contributed by atoms with Crippen LogP contribution in [-0.4, -0.2) is 49.3 Å². The van der Waals surface area contributed by atoms with E-state index in [9.17, 15) is 14.4 Å². The molecule has 2 fully saturated rings. The second-order valence-corrected chi connectivity index (χ2v) is 4.23. The lowest BCUT2D eigenvalue weighted by Gasteiger charge is -2.32. The number of carbonyl (C=O) groups is 3. The lowest BCUT2D eigenvalue weighted by Crippen LogP contribution is -2.47. The van der Waals surface area contributed by atoms with Crippen molar-refractivity contribution in [1.29, 1.82) is 0 Å². The highest BCUT2D eigenvalue weighted by molar-refractivity contribution is 6.05. The van der Waals surface area contributed by atoms with Gasteiger partial charge in [-0.2, -0.15) is 0 Å². The van der Waals surface area contributed by atoms with Crippen molar-refractivity contribution in [3.63, 3.8) is 0 Å². The Kier molecular flexibility index (Phi) is 2.91. The second kappa shape index (κ2) is 4.21. The summed E-state index contributed by atoms with van der Waals surface area (Å²) in [7, 11) is 1.70. The number of nitrogens with one attached hydrogen (secondary N) is 2. The maximum absolute atomic E-state index is 11.6. The highest BCUT2D eigenvalue weighted by atomic mass is 16.2. The molecule has 2 N–H and O–H groups in total. The lowest BCUT2D eigenvalue weighted by atomic mass is 9.88. The van der Waals surface area contributed by atoms with Gasteiger partial charge in [-0.3, -0.25) is 19.7 Å². The number of rotatable bonds is 2. The van der Waals surface area contributed by atoms with Gasteiger partial charge in [-0.1, -0.05) is 0 Å². The van der Waals surface area contributed by atoms with Gasteiger partial charge in [0.15, 0.2) is 0 Å². The average molecular weight is 225 g/mol. The van der Waals surface area contributed by atoms with E-state index in [0.717, 1.165) is 0 Å². The van der Waals surface area contributed by atoms with Crippen LogP contribution in [0.4, 0.5) is 0 Å². The van der Waals surface area contributed by atoms with Crippen LogP contribution in [0.1, 0.15) is 6.42 Å². The summed E-state index contributed by atoms with van der Waals surface area (Å²) in [4.78, 5) is 36.1. The second-order valence-electron chi connectivity index (χ2n) is 4.23. The monoisotopic (exact) mass is 225 g/mol. The number of likely N-dealkylation sites (N-methyl/N-ethyl adjacent to an activating group) is 1. The number of fused-ring (bicyclic) bond motifs is 1. The maximum atomic E-state index is 11.6. The van der Waals surface area contributed by atoms with Crippen LogP contribution in [0.5, 0.6) is 0 Å². The fraction of sp³-hybridized carbons (Fsp3) is 0.700. The fourth-order valence-corrected chi connectivity index (χ4v) is 2.33. The molecule has 2 aliphatic heterocycles. The first-order valence-corrected chi connectivity index (χ1v) is 5.40. The van der Waals surface area contributed by atoms with E-state index in [1.54, 1.807) is 11.9 Å². The Hall–Kier alpha value is -1.43. The van der Waals surface area contributed by atoms with Crippen molar-refractivity contribution in [2.75, 3.05) is 26.7 Å². The van der Waals surface area contributed by atoms with Gasteiger partial charge in [0.1, 0.15) is 0 Å². The van der Waals surface area contributed by atoms with Crippen LogP contribution in [0.25, 0.3) is 0 Å². The van der Waals surface area contributed by atoms with Crippen molar-refractivity contribution >= 4 is 17.7 Å². The quantitative estimate of drug-likeness (QED) is 0.551. The van der Waals surface area contributed by atoms with E-state index in [0.29, 0.717) is 19.5 Å². The molecule has 0 unspecified atom stereocenters. The standard InChI is InChI=1S/C10H15N3O3/c1-11-4-8(14)13-3-2-6-7(5-13)10(16)12-9(6)15/h6-7,11H,2-5H2,1H3,(H,12,15,16)/t6-,7+/m0/s1. The number of nitrogens with zero attached hydrogens (tertiary/aromatic N) is 1. The Morgan fingerprint density at radius 3 is 2.81 bits per heavy atom. The molecule has 0 radical (unpaired) electrons. The minimum Gasteiger partial charge on any atom is -0.341 e. The molecule has 0 aliphatic carbocycles. The van der Waals surface area contributed by atoms with Gasteiger partial charge in [0.2, 0.25) is 17.7 Å². The number of carbonyl (C=O) groups excluding carboxylic acids is 3. The van der Waals surface area contributed by atoms with Gasteiger partial charge in [0, 0.05) is 13.1 Å². The first-order valence-electron chi connectivity index (χ1n) is 5.40. The van der Waals surface area contributed by atoms with Crippen LogP contribution in [0.2, 0.25) is 0 Å². The third-order valence-corrected chi connectivity index (χ3v) is 3.21. The van der Waals surface area contributed by atoms with Crippen LogP contribution in [0.3, 0.4) is 0 Å². The summed E-state index contributed by atoms with van der Waals surface area (Å²) in [6.45, 7) is 1.19. The molecule has 0 bridgehead atoms. The van der Waals surface area contributed by atoms with E-state index in [-0.39, 0.29) is 36.1 Å². The zero-order valence-corrected chi connectivity index (χ0v) is 9.16. The molecule has 6 heteroatoms. The number of imide groups is 1. The molecule has 2 rings (SSSR count). The number of hydrogen-bond acceptors (Lipinski definition) is 4. The predicted molar refractivity (Wildman–Crippen MR) is 55.3 cm³/mol. The van der Waals surface area contributed by atoms with Crippen molar-refractivity contribution in [3.8, 4) is 0 Å². The van der Waals surface area contributed by atoms with Crippen LogP contribution >= 0.6 is 0 Å². The van der Waals surface area contributed by atoms with Crippen LogP contribution in [-0.2, 0) is 14.4 Å². The summed E-state index contributed by atoms with van der Waals surface area (Å²) in [5, 5.41) is 5.10. The largest absolute Gasteiger partial charge is 0.341 e. The Morgan fingerprint density at radius 2 is 2.12 bits per heavy atom. The number of amides is 3. The summed E-state index contributed by atoms with van der Waals surface area (Å²) in [5.74, 6) is -1.02. The Balaban J connectivity index is 2.02. The molecule has 0 aromatic rings. The molecule has 0 aromatic carbocycles. The maximum Gasteiger partial charge on any atom is 0.236 e. The highest BCUT2D eigenvalue weighted by Crippen LogP contribution is 2.28. The van der Waals surface area contributed by atoms with Crippen molar-refractivity contribution < 1.29 is 14.4 Å². The number of likely N-dealkylation sites (tertiary alicyclic amines) is 1. The summed E-state index contributed by atoms with van der Waals surface area (Å²) in [5.41, 5.74) is 0. The van der Waals surface area contributed by atoms with Gasteiger partial charge in [-0.25, -0.2) is 0 Å². The molecule has 0 spiro atoms.